The van der Waals surface area contributed by atoms with Crippen LogP contribution in [0.4, 0.5) is 10.5 Å². The third-order valence-electron chi connectivity index (χ3n) is 2.27. The lowest BCUT2D eigenvalue weighted by atomic mass is 10.1. The van der Waals surface area contributed by atoms with Crippen molar-refractivity contribution in [3.05, 3.63) is 23.8 Å². The van der Waals surface area contributed by atoms with Crippen LogP contribution in [0.3, 0.4) is 0 Å². The molecule has 2 amide bonds. The number of aromatic carboxylic acids is 1. The number of unbranched alkanes of at least 4 members (excludes halogenated alkanes) is 1. The Morgan fingerprint density at radius 1 is 1.37 bits per heavy atom. The van der Waals surface area contributed by atoms with Crippen LogP contribution in [0.5, 0.6) is 5.75 Å². The van der Waals surface area contributed by atoms with Gasteiger partial charge in [0.1, 0.15) is 5.75 Å². The number of anilines is 1. The van der Waals surface area contributed by atoms with Crippen LogP contribution in [0.25, 0.3) is 0 Å². The van der Waals surface area contributed by atoms with Gasteiger partial charge in [-0.05, 0) is 24.6 Å². The van der Waals surface area contributed by atoms with Crippen LogP contribution in [0, 0.1) is 12.3 Å². The number of carboxylic acids is 1. The van der Waals surface area contributed by atoms with Crippen molar-refractivity contribution in [3.8, 4) is 18.1 Å². The fraction of sp³-hybridized carbons (Fsp3) is 0.231. The van der Waals surface area contributed by atoms with E-state index in [0.717, 1.165) is 6.07 Å². The van der Waals surface area contributed by atoms with Crippen LogP contribution < -0.4 is 10.6 Å². The van der Waals surface area contributed by atoms with Gasteiger partial charge in [-0.1, -0.05) is 0 Å². The van der Waals surface area contributed by atoms with Gasteiger partial charge in [0, 0.05) is 13.0 Å². The molecule has 0 saturated heterocycles. The van der Waals surface area contributed by atoms with Gasteiger partial charge >= 0.3 is 12.0 Å². The molecule has 0 aliphatic heterocycles. The van der Waals surface area contributed by atoms with Crippen LogP contribution >= 0.6 is 0 Å². The van der Waals surface area contributed by atoms with Gasteiger partial charge in [-0.25, -0.2) is 9.59 Å². The summed E-state index contributed by atoms with van der Waals surface area (Å²) in [7, 11) is 0. The molecular weight excluding hydrogens is 248 g/mol. The molecule has 0 aromatic heterocycles. The van der Waals surface area contributed by atoms with E-state index in [2.05, 4.69) is 16.6 Å². The molecule has 19 heavy (non-hydrogen) atoms. The van der Waals surface area contributed by atoms with E-state index < -0.39 is 12.0 Å². The molecule has 0 aliphatic rings. The molecule has 0 spiro atoms. The number of carboxylic acid groups (broad SMARTS) is 1. The first-order valence-corrected chi connectivity index (χ1v) is 5.59. The van der Waals surface area contributed by atoms with Crippen molar-refractivity contribution in [2.45, 2.75) is 12.8 Å². The minimum Gasteiger partial charge on any atom is -0.508 e. The second kappa shape index (κ2) is 6.91. The fourth-order valence-electron chi connectivity index (χ4n) is 1.38. The fourth-order valence-corrected chi connectivity index (χ4v) is 1.38. The first-order chi connectivity index (χ1) is 9.04. The van der Waals surface area contributed by atoms with E-state index in [4.69, 9.17) is 11.5 Å². The summed E-state index contributed by atoms with van der Waals surface area (Å²) < 4.78 is 0. The Hall–Kier alpha value is -2.68. The third-order valence-corrected chi connectivity index (χ3v) is 2.27. The maximum atomic E-state index is 11.5. The molecule has 6 heteroatoms. The van der Waals surface area contributed by atoms with Crippen molar-refractivity contribution in [1.29, 1.82) is 0 Å². The molecule has 1 aromatic rings. The Morgan fingerprint density at radius 3 is 2.74 bits per heavy atom. The molecule has 0 radical (unpaired) electrons. The first kappa shape index (κ1) is 14.4. The van der Waals surface area contributed by atoms with E-state index in [1.165, 1.54) is 12.1 Å². The van der Waals surface area contributed by atoms with E-state index in [1.54, 1.807) is 0 Å². The monoisotopic (exact) mass is 262 g/mol. The number of benzene rings is 1. The average Bonchev–Trinajstić information content (AvgIpc) is 2.36. The largest absolute Gasteiger partial charge is 0.508 e. The van der Waals surface area contributed by atoms with Gasteiger partial charge in [-0.3, -0.25) is 0 Å². The molecule has 0 unspecified atom stereocenters. The Balaban J connectivity index is 2.64. The number of terminal acetylenes is 1. The molecule has 0 heterocycles. The van der Waals surface area contributed by atoms with Crippen molar-refractivity contribution >= 4 is 17.7 Å². The standard InChI is InChI=1S/C13H14N2O4/c1-2-3-4-7-14-13(19)15-11-6-5-9(16)8-10(11)12(17)18/h1,5-6,8,16H,3-4,7H2,(H,17,18)(H2,14,15,19). The molecule has 100 valence electrons. The minimum atomic E-state index is -1.24. The SMILES string of the molecule is C#CCCCNC(=O)Nc1ccc(O)cc1C(=O)O. The molecule has 0 saturated carbocycles. The van der Waals surface area contributed by atoms with Crippen molar-refractivity contribution in [2.75, 3.05) is 11.9 Å². The number of phenolic OH excluding ortho intramolecular Hbond substituents is 1. The lowest BCUT2D eigenvalue weighted by Crippen LogP contribution is -2.30. The zero-order chi connectivity index (χ0) is 14.3. The first-order valence-electron chi connectivity index (χ1n) is 5.59. The van der Waals surface area contributed by atoms with Crippen molar-refractivity contribution in [2.24, 2.45) is 0 Å². The number of carbonyl (C=O) groups is 2. The number of rotatable bonds is 5. The smallest absolute Gasteiger partial charge is 0.337 e. The third kappa shape index (κ3) is 4.60. The van der Waals surface area contributed by atoms with E-state index in [0.29, 0.717) is 19.4 Å². The zero-order valence-electron chi connectivity index (χ0n) is 10.1. The van der Waals surface area contributed by atoms with Gasteiger partial charge in [-0.2, -0.15) is 0 Å². The number of hydrogen-bond donors (Lipinski definition) is 4. The Labute approximate surface area is 110 Å². The highest BCUT2D eigenvalue weighted by Crippen LogP contribution is 2.21. The number of amides is 2. The Kier molecular flexibility index (Phi) is 5.23. The van der Waals surface area contributed by atoms with Gasteiger partial charge in [0.25, 0.3) is 0 Å². The second-order valence-corrected chi connectivity index (χ2v) is 3.72. The van der Waals surface area contributed by atoms with Crippen molar-refractivity contribution in [3.63, 3.8) is 0 Å². The summed E-state index contributed by atoms with van der Waals surface area (Å²) in [4.78, 5) is 22.5. The lowest BCUT2D eigenvalue weighted by Gasteiger charge is -2.09. The predicted molar refractivity (Wildman–Crippen MR) is 70.2 cm³/mol. The summed E-state index contributed by atoms with van der Waals surface area (Å²) in [6.45, 7) is 0.399. The molecule has 0 bridgehead atoms. The highest BCUT2D eigenvalue weighted by Gasteiger charge is 2.12. The highest BCUT2D eigenvalue weighted by atomic mass is 16.4. The molecule has 4 N–H and O–H groups in total. The topological polar surface area (TPSA) is 98.7 Å². The van der Waals surface area contributed by atoms with Crippen LogP contribution in [0.1, 0.15) is 23.2 Å². The molecular formula is C13H14N2O4. The summed E-state index contributed by atoms with van der Waals surface area (Å²) in [6.07, 6.45) is 6.27. The quantitative estimate of drug-likeness (QED) is 0.368. The van der Waals surface area contributed by atoms with E-state index in [-0.39, 0.29) is 17.0 Å². The number of urea groups is 1. The maximum Gasteiger partial charge on any atom is 0.337 e. The van der Waals surface area contributed by atoms with Gasteiger partial charge < -0.3 is 20.8 Å². The molecule has 1 aromatic carbocycles. The average molecular weight is 262 g/mol. The molecule has 1 rings (SSSR count). The number of hydrogen-bond acceptors (Lipinski definition) is 3. The summed E-state index contributed by atoms with van der Waals surface area (Å²) in [6, 6.07) is 3.15. The lowest BCUT2D eigenvalue weighted by molar-refractivity contribution is 0.0697. The van der Waals surface area contributed by atoms with Crippen LogP contribution in [-0.2, 0) is 0 Å². The number of nitrogens with one attached hydrogen (secondary N) is 2. The van der Waals surface area contributed by atoms with Crippen LogP contribution in [0.15, 0.2) is 18.2 Å². The van der Waals surface area contributed by atoms with E-state index in [9.17, 15) is 14.7 Å². The zero-order valence-corrected chi connectivity index (χ0v) is 10.1. The van der Waals surface area contributed by atoms with Crippen molar-refractivity contribution in [1.82, 2.24) is 5.32 Å². The van der Waals surface area contributed by atoms with Gasteiger partial charge in [0.05, 0.1) is 11.3 Å². The number of carbonyl (C=O) groups excluding carboxylic acids is 1. The summed E-state index contributed by atoms with van der Waals surface area (Å²) in [5.74, 6) is 1.02. The van der Waals surface area contributed by atoms with Gasteiger partial charge in [0.15, 0.2) is 0 Å². The normalized spacial score (nSPS) is 9.42. The predicted octanol–water partition coefficient (Wildman–Crippen LogP) is 1.63. The molecule has 0 atom stereocenters. The number of aromatic hydroxyl groups is 1. The number of phenols is 1. The maximum absolute atomic E-state index is 11.5. The highest BCUT2D eigenvalue weighted by molar-refractivity contribution is 6.00. The summed E-state index contributed by atoms with van der Waals surface area (Å²) >= 11 is 0. The molecule has 6 nitrogen and oxygen atoms in total. The summed E-state index contributed by atoms with van der Waals surface area (Å²) in [5, 5.41) is 23.1. The second-order valence-electron chi connectivity index (χ2n) is 3.72. The van der Waals surface area contributed by atoms with E-state index in [1.807, 2.05) is 0 Å². The molecule has 0 aliphatic carbocycles. The summed E-state index contributed by atoms with van der Waals surface area (Å²) in [5.41, 5.74) is -0.0708. The van der Waals surface area contributed by atoms with Gasteiger partial charge in [0.2, 0.25) is 0 Å². The Morgan fingerprint density at radius 2 is 2.11 bits per heavy atom. The minimum absolute atomic E-state index is 0.111. The van der Waals surface area contributed by atoms with Crippen molar-refractivity contribution < 1.29 is 19.8 Å². The Bertz CT molecular complexity index is 520. The van der Waals surface area contributed by atoms with Crippen LogP contribution in [0.2, 0.25) is 0 Å². The molecule has 0 fully saturated rings. The van der Waals surface area contributed by atoms with E-state index >= 15 is 0 Å². The van der Waals surface area contributed by atoms with Gasteiger partial charge in [-0.15, -0.1) is 12.3 Å². The van der Waals surface area contributed by atoms with Crippen LogP contribution in [-0.4, -0.2) is 28.8 Å².